The zero-order chi connectivity index (χ0) is 22.6. The third-order valence-corrected chi connectivity index (χ3v) is 4.26. The summed E-state index contributed by atoms with van der Waals surface area (Å²) in [6.07, 6.45) is 1.24. The molecule has 0 unspecified atom stereocenters. The molecule has 4 aromatic rings. The Morgan fingerprint density at radius 1 is 1.03 bits per heavy atom. The largest absolute Gasteiger partial charge is 0.490 e. The number of fused-ring (bicyclic) bond motifs is 1. The maximum atomic E-state index is 13.3. The molecule has 0 fully saturated rings. The van der Waals surface area contributed by atoms with Gasteiger partial charge in [0.15, 0.2) is 0 Å². The lowest BCUT2D eigenvalue weighted by atomic mass is 10.1. The van der Waals surface area contributed by atoms with Crippen LogP contribution in [0.3, 0.4) is 0 Å². The molecule has 4 rings (SSSR count). The molecule has 0 bridgehead atoms. The van der Waals surface area contributed by atoms with Crippen LogP contribution in [0, 0.1) is 5.82 Å². The average Bonchev–Trinajstić information content (AvgIpc) is 3.10. The van der Waals surface area contributed by atoms with Crippen LogP contribution in [0.15, 0.2) is 61.2 Å². The number of aliphatic carboxylic acids is 1. The third-order valence-electron chi connectivity index (χ3n) is 4.01. The molecule has 0 aliphatic carbocycles. The fourth-order valence-corrected chi connectivity index (χ4v) is 2.72. The Labute approximate surface area is 177 Å². The quantitative estimate of drug-likeness (QED) is 0.444. The lowest BCUT2D eigenvalue weighted by Gasteiger charge is -2.06. The summed E-state index contributed by atoms with van der Waals surface area (Å²) in [5, 5.41) is 12.2. The summed E-state index contributed by atoms with van der Waals surface area (Å²) in [6, 6.07) is 11.1. The van der Waals surface area contributed by atoms with Crippen LogP contribution in [0.4, 0.5) is 17.6 Å². The highest BCUT2D eigenvalue weighted by molar-refractivity contribution is 6.30. The van der Waals surface area contributed by atoms with Gasteiger partial charge in [-0.2, -0.15) is 18.3 Å². The van der Waals surface area contributed by atoms with Crippen molar-refractivity contribution in [2.75, 3.05) is 0 Å². The van der Waals surface area contributed by atoms with E-state index in [0.29, 0.717) is 11.6 Å². The normalized spacial score (nSPS) is 11.1. The first-order valence-corrected chi connectivity index (χ1v) is 8.98. The number of carboxylic acid groups (broad SMARTS) is 1. The first kappa shape index (κ1) is 22.2. The summed E-state index contributed by atoms with van der Waals surface area (Å²) < 4.78 is 46.8. The van der Waals surface area contributed by atoms with Gasteiger partial charge in [0.25, 0.3) is 0 Å². The van der Waals surface area contributed by atoms with Gasteiger partial charge in [0.1, 0.15) is 11.3 Å². The summed E-state index contributed by atoms with van der Waals surface area (Å²) in [4.78, 5) is 17.2. The van der Waals surface area contributed by atoms with Crippen LogP contribution in [0.25, 0.3) is 22.2 Å². The van der Waals surface area contributed by atoms with Gasteiger partial charge in [0.2, 0.25) is 0 Å². The van der Waals surface area contributed by atoms with Gasteiger partial charge in [-0.1, -0.05) is 23.7 Å². The van der Waals surface area contributed by atoms with Crippen LogP contribution in [-0.2, 0) is 11.3 Å². The van der Waals surface area contributed by atoms with E-state index in [2.05, 4.69) is 15.1 Å². The molecule has 1 aromatic carbocycles. The molecule has 31 heavy (non-hydrogen) atoms. The highest BCUT2D eigenvalue weighted by Crippen LogP contribution is 2.24. The summed E-state index contributed by atoms with van der Waals surface area (Å²) in [5.41, 5.74) is 4.41. The number of hydrogen-bond acceptors (Lipinski definition) is 4. The van der Waals surface area contributed by atoms with E-state index < -0.39 is 12.1 Å². The number of nitrogens with zero attached hydrogens (tertiary/aromatic N) is 4. The van der Waals surface area contributed by atoms with E-state index in [4.69, 9.17) is 21.5 Å². The zero-order valence-corrected chi connectivity index (χ0v) is 16.3. The predicted octanol–water partition coefficient (Wildman–Crippen LogP) is 4.97. The fourth-order valence-electron chi connectivity index (χ4n) is 2.60. The minimum atomic E-state index is -5.08. The minimum Gasteiger partial charge on any atom is -0.475 e. The number of carbonyl (C=O) groups is 1. The van der Waals surface area contributed by atoms with Gasteiger partial charge in [0, 0.05) is 23.0 Å². The monoisotopic (exact) mass is 452 g/mol. The van der Waals surface area contributed by atoms with Gasteiger partial charge < -0.3 is 5.11 Å². The Hall–Kier alpha value is -3.53. The molecular weight excluding hydrogens is 440 g/mol. The van der Waals surface area contributed by atoms with E-state index in [0.717, 1.165) is 27.7 Å². The Morgan fingerprint density at radius 3 is 2.32 bits per heavy atom. The van der Waals surface area contributed by atoms with Crippen LogP contribution < -0.4 is 0 Å². The Balaban J connectivity index is 0.000000339. The summed E-state index contributed by atoms with van der Waals surface area (Å²) in [6.45, 7) is 0.431. The van der Waals surface area contributed by atoms with Crippen LogP contribution in [-0.4, -0.2) is 37.0 Å². The van der Waals surface area contributed by atoms with E-state index in [1.165, 1.54) is 12.3 Å². The van der Waals surface area contributed by atoms with E-state index >= 15 is 0 Å². The summed E-state index contributed by atoms with van der Waals surface area (Å²) >= 11 is 5.94. The number of halogens is 5. The van der Waals surface area contributed by atoms with E-state index in [-0.39, 0.29) is 5.82 Å². The van der Waals surface area contributed by atoms with Crippen molar-refractivity contribution in [2.24, 2.45) is 0 Å². The molecule has 11 heteroatoms. The van der Waals surface area contributed by atoms with Crippen LogP contribution in [0.5, 0.6) is 0 Å². The van der Waals surface area contributed by atoms with E-state index in [1.807, 2.05) is 30.3 Å². The molecule has 0 radical (unpaired) electrons. The third kappa shape index (κ3) is 5.76. The maximum absolute atomic E-state index is 13.3. The molecule has 6 nitrogen and oxygen atoms in total. The average molecular weight is 453 g/mol. The predicted molar refractivity (Wildman–Crippen MR) is 105 cm³/mol. The first-order valence-electron chi connectivity index (χ1n) is 8.60. The van der Waals surface area contributed by atoms with Crippen molar-refractivity contribution in [1.82, 2.24) is 19.7 Å². The number of benzene rings is 1. The highest BCUT2D eigenvalue weighted by Gasteiger charge is 2.38. The number of carboxylic acids is 1. The Kier molecular flexibility index (Phi) is 6.50. The molecule has 0 spiro atoms. The zero-order valence-electron chi connectivity index (χ0n) is 15.5. The molecule has 0 atom stereocenters. The van der Waals surface area contributed by atoms with Gasteiger partial charge in [-0.05, 0) is 35.4 Å². The van der Waals surface area contributed by atoms with Gasteiger partial charge in [0.05, 0.1) is 24.5 Å². The molecule has 3 aromatic heterocycles. The fraction of sp³-hybridized carbons (Fsp3) is 0.100. The van der Waals surface area contributed by atoms with Crippen LogP contribution in [0.1, 0.15) is 5.56 Å². The van der Waals surface area contributed by atoms with E-state index in [1.54, 1.807) is 23.3 Å². The van der Waals surface area contributed by atoms with Crippen molar-refractivity contribution in [3.63, 3.8) is 0 Å². The summed E-state index contributed by atoms with van der Waals surface area (Å²) in [5.74, 6) is -3.11. The van der Waals surface area contributed by atoms with Crippen molar-refractivity contribution in [2.45, 2.75) is 12.7 Å². The van der Waals surface area contributed by atoms with Crippen molar-refractivity contribution in [1.29, 1.82) is 0 Å². The second-order valence-corrected chi connectivity index (χ2v) is 6.69. The molecule has 1 N–H and O–H groups in total. The van der Waals surface area contributed by atoms with Crippen molar-refractivity contribution < 1.29 is 27.5 Å². The number of hydrogen-bond donors (Lipinski definition) is 1. The molecule has 3 heterocycles. The van der Waals surface area contributed by atoms with E-state index in [9.17, 15) is 17.6 Å². The number of rotatable bonds is 3. The van der Waals surface area contributed by atoms with Crippen molar-refractivity contribution in [3.05, 3.63) is 77.6 Å². The maximum Gasteiger partial charge on any atom is 0.490 e. The molecule has 0 aliphatic rings. The van der Waals surface area contributed by atoms with Crippen LogP contribution in [0.2, 0.25) is 5.02 Å². The summed E-state index contributed by atoms with van der Waals surface area (Å²) in [7, 11) is 0. The first-order chi connectivity index (χ1) is 14.6. The smallest absolute Gasteiger partial charge is 0.475 e. The second kappa shape index (κ2) is 9.09. The Morgan fingerprint density at radius 2 is 1.71 bits per heavy atom. The molecule has 160 valence electrons. The second-order valence-electron chi connectivity index (χ2n) is 6.25. The van der Waals surface area contributed by atoms with Gasteiger partial charge in [-0.25, -0.2) is 9.18 Å². The van der Waals surface area contributed by atoms with Gasteiger partial charge in [-0.3, -0.25) is 14.6 Å². The highest BCUT2D eigenvalue weighted by atomic mass is 35.5. The minimum absolute atomic E-state index is 0.357. The van der Waals surface area contributed by atoms with Gasteiger partial charge >= 0.3 is 12.1 Å². The van der Waals surface area contributed by atoms with Crippen molar-refractivity contribution in [3.8, 4) is 11.1 Å². The van der Waals surface area contributed by atoms with Crippen LogP contribution >= 0.6 is 11.6 Å². The van der Waals surface area contributed by atoms with Crippen molar-refractivity contribution >= 4 is 28.6 Å². The number of aromatic nitrogens is 4. The molecule has 0 amide bonds. The molecule has 0 aliphatic heterocycles. The molecule has 0 saturated heterocycles. The number of alkyl halides is 3. The number of pyridine rings is 2. The van der Waals surface area contributed by atoms with Gasteiger partial charge in [-0.15, -0.1) is 0 Å². The Bertz CT molecular complexity index is 1210. The molecular formula is C20H13ClF4N4O2. The lowest BCUT2D eigenvalue weighted by Crippen LogP contribution is -2.21. The molecule has 0 saturated carbocycles. The standard InChI is InChI=1S/C18H12ClFN4.C2HF3O2/c19-15-3-1-13(2-4-15)14-6-18-17(22-8-14)10-23-24(18)11-12-5-16(20)9-21-7-12;3-2(4,5)1(6)7/h1-10H,11H2;(H,6,7). The topological polar surface area (TPSA) is 80.9 Å². The SMILES string of the molecule is Fc1cncc(Cn2ncc3ncc(-c4ccc(Cl)cc4)cc32)c1.O=C(O)C(F)(F)F. The lowest BCUT2D eigenvalue weighted by molar-refractivity contribution is -0.192.